The van der Waals surface area contributed by atoms with Gasteiger partial charge >= 0.3 is 0 Å². The summed E-state index contributed by atoms with van der Waals surface area (Å²) in [4.78, 5) is 0. The second-order valence-corrected chi connectivity index (χ2v) is 7.01. The number of allylic oxidation sites excluding steroid dienone is 1. The van der Waals surface area contributed by atoms with Crippen molar-refractivity contribution in [3.8, 4) is 11.5 Å². The molecule has 5 nitrogen and oxygen atoms in total. The Balaban J connectivity index is 1.94. The molecule has 0 fully saturated rings. The number of hydrogen-bond acceptors (Lipinski definition) is 5. The predicted octanol–water partition coefficient (Wildman–Crippen LogP) is 1.90. The quantitative estimate of drug-likeness (QED) is 0.828. The molecule has 3 aliphatic rings. The molecule has 4 rings (SSSR count). The van der Waals surface area contributed by atoms with Crippen LogP contribution in [0.25, 0.3) is 0 Å². The van der Waals surface area contributed by atoms with E-state index in [4.69, 9.17) is 19.9 Å². The van der Waals surface area contributed by atoms with Crippen molar-refractivity contribution in [2.24, 2.45) is 11.7 Å². The summed E-state index contributed by atoms with van der Waals surface area (Å²) in [5, 5.41) is 10.2. The highest BCUT2D eigenvalue weighted by atomic mass is 16.7. The number of benzene rings is 1. The zero-order valence-corrected chi connectivity index (χ0v) is 14.2. The van der Waals surface area contributed by atoms with E-state index in [2.05, 4.69) is 12.1 Å². The first-order valence-corrected chi connectivity index (χ1v) is 8.70. The fourth-order valence-electron chi connectivity index (χ4n) is 4.79. The van der Waals surface area contributed by atoms with Gasteiger partial charge in [-0.25, -0.2) is 0 Å². The van der Waals surface area contributed by atoms with Crippen molar-refractivity contribution in [3.05, 3.63) is 35.4 Å². The van der Waals surface area contributed by atoms with E-state index in [0.29, 0.717) is 13.0 Å². The van der Waals surface area contributed by atoms with E-state index >= 15 is 0 Å². The number of aliphatic hydroxyl groups is 1. The molecule has 0 aromatic heterocycles. The average Bonchev–Trinajstić information content (AvgIpc) is 2.57. The first-order valence-electron chi connectivity index (χ1n) is 8.70. The van der Waals surface area contributed by atoms with E-state index in [0.717, 1.165) is 24.3 Å². The first-order chi connectivity index (χ1) is 11.6. The molecule has 24 heavy (non-hydrogen) atoms. The van der Waals surface area contributed by atoms with E-state index < -0.39 is 6.10 Å². The normalized spacial score (nSPS) is 36.5. The smallest absolute Gasteiger partial charge is 0.201 e. The third-order valence-electron chi connectivity index (χ3n) is 5.74. The van der Waals surface area contributed by atoms with Gasteiger partial charge in [0.05, 0.1) is 13.2 Å². The van der Waals surface area contributed by atoms with E-state index in [9.17, 15) is 5.11 Å². The first kappa shape index (κ1) is 15.9. The summed E-state index contributed by atoms with van der Waals surface area (Å²) in [6, 6.07) is 4.06. The second-order valence-electron chi connectivity index (χ2n) is 7.01. The summed E-state index contributed by atoms with van der Waals surface area (Å²) in [7, 11) is 1.66. The molecule has 1 heterocycles. The van der Waals surface area contributed by atoms with Crippen LogP contribution in [0, 0.1) is 5.92 Å². The van der Waals surface area contributed by atoms with Crippen LogP contribution in [0.15, 0.2) is 24.3 Å². The van der Waals surface area contributed by atoms with Gasteiger partial charge in [-0.05, 0) is 37.3 Å². The van der Waals surface area contributed by atoms with Crippen molar-refractivity contribution in [2.45, 2.75) is 50.0 Å². The summed E-state index contributed by atoms with van der Waals surface area (Å²) in [5.74, 6) is 1.67. The van der Waals surface area contributed by atoms with Gasteiger partial charge in [0.15, 0.2) is 11.5 Å². The van der Waals surface area contributed by atoms with Crippen molar-refractivity contribution < 1.29 is 19.3 Å². The summed E-state index contributed by atoms with van der Waals surface area (Å²) < 4.78 is 17.5. The SMILES string of the molecule is CCO[C@@H]1C[C@]23C=CC(O)C[C@H]2[C@H](N)Cc2ccc(OC)c(c23)O1. The number of nitrogens with two attached hydrogens (primary N) is 1. The van der Waals surface area contributed by atoms with E-state index in [1.165, 1.54) is 11.1 Å². The third kappa shape index (κ3) is 2.19. The number of ether oxygens (including phenoxy) is 3. The van der Waals surface area contributed by atoms with Gasteiger partial charge in [0.1, 0.15) is 0 Å². The van der Waals surface area contributed by atoms with E-state index in [-0.39, 0.29) is 23.7 Å². The van der Waals surface area contributed by atoms with Crippen LogP contribution in [-0.4, -0.2) is 37.3 Å². The molecule has 1 unspecified atom stereocenters. The minimum atomic E-state index is -0.435. The fraction of sp³-hybridized carbons (Fsp3) is 0.579. The van der Waals surface area contributed by atoms with Crippen LogP contribution in [0.4, 0.5) is 0 Å². The molecule has 0 saturated heterocycles. The molecule has 1 aromatic rings. The third-order valence-corrected chi connectivity index (χ3v) is 5.74. The highest BCUT2D eigenvalue weighted by molar-refractivity contribution is 5.60. The van der Waals surface area contributed by atoms with Gasteiger partial charge in [0.25, 0.3) is 0 Å². The molecule has 1 aliphatic heterocycles. The van der Waals surface area contributed by atoms with Gasteiger partial charge in [-0.1, -0.05) is 18.2 Å². The lowest BCUT2D eigenvalue weighted by atomic mass is 9.55. The molecule has 0 saturated carbocycles. The summed E-state index contributed by atoms with van der Waals surface area (Å²) in [6.45, 7) is 2.55. The monoisotopic (exact) mass is 331 g/mol. The molecule has 5 atom stereocenters. The van der Waals surface area contributed by atoms with Crippen molar-refractivity contribution in [1.29, 1.82) is 0 Å². The average molecular weight is 331 g/mol. The maximum atomic E-state index is 10.2. The number of rotatable bonds is 3. The van der Waals surface area contributed by atoms with Gasteiger partial charge in [-0.3, -0.25) is 0 Å². The zero-order valence-electron chi connectivity index (χ0n) is 14.2. The largest absolute Gasteiger partial charge is 0.493 e. The zero-order chi connectivity index (χ0) is 16.9. The molecular formula is C19H25NO4. The fourth-order valence-corrected chi connectivity index (χ4v) is 4.79. The number of hydrogen-bond donors (Lipinski definition) is 2. The van der Waals surface area contributed by atoms with Gasteiger partial charge in [-0.15, -0.1) is 0 Å². The minimum absolute atomic E-state index is 0.0127. The Bertz CT molecular complexity index is 674. The summed E-state index contributed by atoms with van der Waals surface area (Å²) in [6.07, 6.45) is 5.45. The summed E-state index contributed by atoms with van der Waals surface area (Å²) in [5.41, 5.74) is 8.66. The van der Waals surface area contributed by atoms with Crippen LogP contribution in [0.5, 0.6) is 11.5 Å². The Kier molecular flexibility index (Phi) is 3.82. The molecular weight excluding hydrogens is 306 g/mol. The topological polar surface area (TPSA) is 73.9 Å². The second kappa shape index (κ2) is 5.76. The van der Waals surface area contributed by atoms with Crippen LogP contribution >= 0.6 is 0 Å². The lowest BCUT2D eigenvalue weighted by Gasteiger charge is -2.53. The standard InChI is InChI=1S/C19H25NO4/c1-3-23-16-10-19-7-6-12(21)9-13(19)14(20)8-11-4-5-15(22-2)18(24-16)17(11)19/h4-7,12-14,16,21H,3,8-10,20H2,1-2H3/t12?,13-,14+,16-,19+/m0/s1. The maximum Gasteiger partial charge on any atom is 0.201 e. The Labute approximate surface area is 142 Å². The molecule has 0 bridgehead atoms. The van der Waals surface area contributed by atoms with Crippen LogP contribution in [0.1, 0.15) is 30.9 Å². The van der Waals surface area contributed by atoms with Crippen molar-refractivity contribution in [1.82, 2.24) is 0 Å². The minimum Gasteiger partial charge on any atom is -0.493 e. The Morgan fingerprint density at radius 1 is 1.42 bits per heavy atom. The molecule has 130 valence electrons. The van der Waals surface area contributed by atoms with E-state index in [1.807, 2.05) is 19.1 Å². The Hall–Kier alpha value is -1.56. The molecule has 2 aliphatic carbocycles. The molecule has 3 N–H and O–H groups in total. The van der Waals surface area contributed by atoms with Crippen LogP contribution in [0.3, 0.4) is 0 Å². The molecule has 1 aromatic carbocycles. The van der Waals surface area contributed by atoms with Crippen LogP contribution < -0.4 is 15.2 Å². The van der Waals surface area contributed by atoms with Gasteiger partial charge in [-0.2, -0.15) is 0 Å². The lowest BCUT2D eigenvalue weighted by Crippen LogP contribution is -2.56. The van der Waals surface area contributed by atoms with Gasteiger partial charge < -0.3 is 25.1 Å². The van der Waals surface area contributed by atoms with Crippen LogP contribution in [0.2, 0.25) is 0 Å². The van der Waals surface area contributed by atoms with Crippen molar-refractivity contribution in [2.75, 3.05) is 13.7 Å². The molecule has 5 heteroatoms. The van der Waals surface area contributed by atoms with Crippen molar-refractivity contribution >= 4 is 0 Å². The molecule has 0 amide bonds. The van der Waals surface area contributed by atoms with Gasteiger partial charge in [0.2, 0.25) is 6.29 Å². The van der Waals surface area contributed by atoms with E-state index in [1.54, 1.807) is 7.11 Å². The number of methoxy groups -OCH3 is 1. The molecule has 0 radical (unpaired) electrons. The van der Waals surface area contributed by atoms with Crippen molar-refractivity contribution in [3.63, 3.8) is 0 Å². The highest BCUT2D eigenvalue weighted by Gasteiger charge is 2.54. The molecule has 1 spiro atoms. The van der Waals surface area contributed by atoms with Gasteiger partial charge in [0, 0.05) is 30.0 Å². The Morgan fingerprint density at radius 2 is 2.25 bits per heavy atom. The van der Waals surface area contributed by atoms with Crippen LogP contribution in [-0.2, 0) is 16.6 Å². The maximum absolute atomic E-state index is 10.2. The predicted molar refractivity (Wildman–Crippen MR) is 90.3 cm³/mol. The lowest BCUT2D eigenvalue weighted by molar-refractivity contribution is -0.110. The number of aliphatic hydroxyl groups excluding tert-OH is 1. The Morgan fingerprint density at radius 3 is 3.00 bits per heavy atom. The summed E-state index contributed by atoms with van der Waals surface area (Å²) >= 11 is 0. The highest BCUT2D eigenvalue weighted by Crippen LogP contribution is 2.57.